The molecule has 32 heavy (non-hydrogen) atoms. The predicted molar refractivity (Wildman–Crippen MR) is 111 cm³/mol. The molecule has 0 atom stereocenters. The highest BCUT2D eigenvalue weighted by atomic mass is 19.1. The van der Waals surface area contributed by atoms with Crippen LogP contribution in [0, 0.1) is 11.6 Å². The molecule has 1 fully saturated rings. The van der Waals surface area contributed by atoms with Gasteiger partial charge in [-0.1, -0.05) is 0 Å². The number of fused-ring (bicyclic) bond motifs is 1. The van der Waals surface area contributed by atoms with Gasteiger partial charge in [-0.05, 0) is 49.6 Å². The van der Waals surface area contributed by atoms with Gasteiger partial charge in [0.05, 0.1) is 5.69 Å². The highest BCUT2D eigenvalue weighted by molar-refractivity contribution is 6.02. The first-order valence-corrected chi connectivity index (χ1v) is 10.4. The van der Waals surface area contributed by atoms with E-state index >= 15 is 0 Å². The van der Waals surface area contributed by atoms with Crippen LogP contribution in [0.3, 0.4) is 0 Å². The lowest BCUT2D eigenvalue weighted by Gasteiger charge is -2.29. The monoisotopic (exact) mass is 444 g/mol. The average Bonchev–Trinajstić information content (AvgIpc) is 3.58. The van der Waals surface area contributed by atoms with E-state index in [-0.39, 0.29) is 35.8 Å². The number of anilines is 1. The second-order valence-corrected chi connectivity index (χ2v) is 7.75. The number of hydrogen-bond donors (Lipinski definition) is 1. The van der Waals surface area contributed by atoms with Gasteiger partial charge in [0.15, 0.2) is 30.6 Å². The lowest BCUT2D eigenvalue weighted by Crippen LogP contribution is -2.40. The van der Waals surface area contributed by atoms with Crippen molar-refractivity contribution in [1.82, 2.24) is 5.32 Å². The minimum absolute atomic E-state index is 0.0393. The number of benzene rings is 2. The Labute approximate surface area is 183 Å². The fourth-order valence-electron chi connectivity index (χ4n) is 3.36. The van der Waals surface area contributed by atoms with Gasteiger partial charge >= 0.3 is 0 Å². The van der Waals surface area contributed by atoms with Gasteiger partial charge in [0, 0.05) is 30.6 Å². The molecule has 2 amide bonds. The van der Waals surface area contributed by atoms with Crippen LogP contribution in [-0.2, 0) is 9.59 Å². The van der Waals surface area contributed by atoms with Gasteiger partial charge < -0.3 is 19.7 Å². The average molecular weight is 444 g/mol. The highest BCUT2D eigenvalue weighted by Gasteiger charge is 2.27. The number of ketones is 1. The normalized spacial score (nSPS) is 15.1. The van der Waals surface area contributed by atoms with Crippen molar-refractivity contribution in [3.8, 4) is 11.5 Å². The van der Waals surface area contributed by atoms with Crippen molar-refractivity contribution >= 4 is 23.3 Å². The Hall–Kier alpha value is -3.49. The van der Waals surface area contributed by atoms with Crippen LogP contribution in [-0.4, -0.2) is 43.4 Å². The fourth-order valence-corrected chi connectivity index (χ4v) is 3.36. The zero-order valence-corrected chi connectivity index (χ0v) is 17.2. The van der Waals surface area contributed by atoms with Gasteiger partial charge in [0.1, 0.15) is 11.6 Å². The van der Waals surface area contributed by atoms with Crippen molar-refractivity contribution in [3.63, 3.8) is 0 Å². The summed E-state index contributed by atoms with van der Waals surface area (Å²) in [7, 11) is 0. The number of nitrogens with zero attached hydrogens (tertiary/aromatic N) is 1. The first-order chi connectivity index (χ1) is 15.4. The Bertz CT molecular complexity index is 1050. The van der Waals surface area contributed by atoms with Crippen LogP contribution < -0.4 is 19.7 Å². The Morgan fingerprint density at radius 1 is 1.16 bits per heavy atom. The van der Waals surface area contributed by atoms with Crippen LogP contribution in [0.25, 0.3) is 0 Å². The molecular formula is C23H22F2N2O5. The molecule has 2 aromatic carbocycles. The van der Waals surface area contributed by atoms with Crippen LogP contribution in [0.5, 0.6) is 11.5 Å². The summed E-state index contributed by atoms with van der Waals surface area (Å²) < 4.78 is 37.3. The summed E-state index contributed by atoms with van der Waals surface area (Å²) in [6.07, 6.45) is 2.78. The number of hydrogen-bond acceptors (Lipinski definition) is 5. The third-order valence-electron chi connectivity index (χ3n) is 5.20. The van der Waals surface area contributed by atoms with Gasteiger partial charge in [0.25, 0.3) is 5.91 Å². The molecule has 0 bridgehead atoms. The summed E-state index contributed by atoms with van der Waals surface area (Å²) in [4.78, 5) is 38.4. The van der Waals surface area contributed by atoms with E-state index in [0.717, 1.165) is 25.0 Å². The molecule has 0 saturated heterocycles. The molecule has 2 aliphatic rings. The Morgan fingerprint density at radius 3 is 2.72 bits per heavy atom. The number of Topliss-reactive ketones (excluding diaryl/α,β-unsaturated/α-hetero) is 1. The molecule has 7 nitrogen and oxygen atoms in total. The predicted octanol–water partition coefficient (Wildman–Crippen LogP) is 3.01. The van der Waals surface area contributed by atoms with Crippen molar-refractivity contribution in [2.45, 2.75) is 31.7 Å². The van der Waals surface area contributed by atoms with Crippen LogP contribution in [0.4, 0.5) is 14.5 Å². The number of nitrogens with one attached hydrogen (secondary N) is 1. The van der Waals surface area contributed by atoms with Crippen LogP contribution in [0.2, 0.25) is 0 Å². The highest BCUT2D eigenvalue weighted by Crippen LogP contribution is 2.33. The number of halogens is 2. The lowest BCUT2D eigenvalue weighted by atomic mass is 10.1. The van der Waals surface area contributed by atoms with Crippen molar-refractivity contribution in [1.29, 1.82) is 0 Å². The molecule has 2 aromatic rings. The van der Waals surface area contributed by atoms with E-state index in [1.165, 1.54) is 17.0 Å². The molecule has 1 aliphatic carbocycles. The van der Waals surface area contributed by atoms with Gasteiger partial charge in [-0.15, -0.1) is 0 Å². The molecule has 4 rings (SSSR count). The van der Waals surface area contributed by atoms with E-state index < -0.39 is 24.0 Å². The number of carbonyl (C=O) groups is 3. The molecule has 1 saturated carbocycles. The van der Waals surface area contributed by atoms with Crippen molar-refractivity contribution in [2.24, 2.45) is 0 Å². The second kappa shape index (κ2) is 9.33. The van der Waals surface area contributed by atoms with Crippen LogP contribution in [0.1, 0.15) is 36.0 Å². The molecule has 0 unspecified atom stereocenters. The summed E-state index contributed by atoms with van der Waals surface area (Å²) in [5, 5.41) is 2.91. The molecule has 1 heterocycles. The third-order valence-corrected chi connectivity index (χ3v) is 5.20. The number of carbonyl (C=O) groups excluding carboxylic acids is 3. The topological polar surface area (TPSA) is 84.9 Å². The zero-order chi connectivity index (χ0) is 22.7. The summed E-state index contributed by atoms with van der Waals surface area (Å²) in [5.41, 5.74) is 0.684. The maximum absolute atomic E-state index is 13.7. The Morgan fingerprint density at radius 2 is 1.97 bits per heavy atom. The van der Waals surface area contributed by atoms with E-state index in [0.29, 0.717) is 36.9 Å². The quantitative estimate of drug-likeness (QED) is 0.601. The zero-order valence-electron chi connectivity index (χ0n) is 17.2. The van der Waals surface area contributed by atoms with Gasteiger partial charge in [-0.3, -0.25) is 14.4 Å². The smallest absolute Gasteiger partial charge is 0.265 e. The fraction of sp³-hybridized carbons (Fsp3) is 0.348. The molecular weight excluding hydrogens is 422 g/mol. The van der Waals surface area contributed by atoms with E-state index in [9.17, 15) is 23.2 Å². The van der Waals surface area contributed by atoms with Crippen LogP contribution >= 0.6 is 0 Å². The largest absolute Gasteiger partial charge is 0.482 e. The minimum Gasteiger partial charge on any atom is -0.482 e. The van der Waals surface area contributed by atoms with E-state index in [2.05, 4.69) is 5.32 Å². The summed E-state index contributed by atoms with van der Waals surface area (Å²) in [6, 6.07) is 7.73. The van der Waals surface area contributed by atoms with Gasteiger partial charge in [0.2, 0.25) is 5.91 Å². The summed E-state index contributed by atoms with van der Waals surface area (Å²) in [6.45, 7) is -0.277. The van der Waals surface area contributed by atoms with Crippen molar-refractivity contribution < 1.29 is 32.6 Å². The van der Waals surface area contributed by atoms with Gasteiger partial charge in [-0.2, -0.15) is 0 Å². The Balaban J connectivity index is 1.40. The van der Waals surface area contributed by atoms with Crippen LogP contribution in [0.15, 0.2) is 36.4 Å². The number of ether oxygens (including phenoxy) is 2. The first kappa shape index (κ1) is 21.7. The molecule has 0 spiro atoms. The maximum Gasteiger partial charge on any atom is 0.265 e. The molecule has 0 radical (unpaired) electrons. The lowest BCUT2D eigenvalue weighted by molar-refractivity contribution is -0.122. The number of amides is 2. The minimum atomic E-state index is -0.904. The molecule has 1 N–H and O–H groups in total. The second-order valence-electron chi connectivity index (χ2n) is 7.75. The molecule has 1 aliphatic heterocycles. The van der Waals surface area contributed by atoms with Gasteiger partial charge in [-0.25, -0.2) is 8.78 Å². The van der Waals surface area contributed by atoms with E-state index in [1.807, 2.05) is 0 Å². The van der Waals surface area contributed by atoms with Crippen molar-refractivity contribution in [2.75, 3.05) is 24.7 Å². The maximum atomic E-state index is 13.7. The number of rotatable bonds is 9. The standard InChI is InChI=1S/C23H22F2N2O5/c24-15-4-8-20(17(25)11-15)31-12-19(28)14-3-7-21-18(10-14)27(23(30)13-32-21)9-1-2-22(29)26-16-5-6-16/h3-4,7-8,10-11,16H,1-2,5-6,9,12-13H2,(H,26,29). The molecule has 168 valence electrons. The summed E-state index contributed by atoms with van der Waals surface area (Å²) >= 11 is 0. The SMILES string of the molecule is O=C(CCCN1C(=O)COc2ccc(C(=O)COc3ccc(F)cc3F)cc21)NC1CC1. The third kappa shape index (κ3) is 5.22. The molecule has 9 heteroatoms. The summed E-state index contributed by atoms with van der Waals surface area (Å²) in [5.74, 6) is -2.18. The van der Waals surface area contributed by atoms with E-state index in [4.69, 9.17) is 9.47 Å². The van der Waals surface area contributed by atoms with Crippen molar-refractivity contribution in [3.05, 3.63) is 53.6 Å². The first-order valence-electron chi connectivity index (χ1n) is 10.4. The Kier molecular flexibility index (Phi) is 6.34. The molecule has 0 aromatic heterocycles. The van der Waals surface area contributed by atoms with E-state index in [1.54, 1.807) is 6.07 Å².